The summed E-state index contributed by atoms with van der Waals surface area (Å²) in [6.45, 7) is 17.3. The van der Waals surface area contributed by atoms with Crippen LogP contribution in [-0.4, -0.2) is 41.7 Å². The third kappa shape index (κ3) is 4.24. The zero-order valence-corrected chi connectivity index (χ0v) is 25.2. The molecule has 0 aromatic carbocycles. The summed E-state index contributed by atoms with van der Waals surface area (Å²) >= 11 is 0. The molecule has 9 atom stereocenters. The third-order valence-corrected chi connectivity index (χ3v) is 13.2. The zero-order chi connectivity index (χ0) is 29.0. The van der Waals surface area contributed by atoms with Crippen molar-refractivity contribution in [2.24, 2.45) is 56.7 Å². The molecular weight excluding hydrogens is 488 g/mol. The third-order valence-electron chi connectivity index (χ3n) is 13.2. The Labute approximate surface area is 236 Å². The van der Waals surface area contributed by atoms with E-state index in [1.165, 1.54) is 0 Å². The first-order valence-corrected chi connectivity index (χ1v) is 15.2. The summed E-state index contributed by atoms with van der Waals surface area (Å²) in [6.07, 6.45) is 9.08. The molecule has 1 amide bonds. The molecule has 0 spiro atoms. The van der Waals surface area contributed by atoms with Gasteiger partial charge in [-0.3, -0.25) is 4.79 Å². The molecule has 0 bridgehead atoms. The van der Waals surface area contributed by atoms with E-state index in [9.17, 15) is 25.1 Å². The molecule has 39 heavy (non-hydrogen) atoms. The fourth-order valence-electron chi connectivity index (χ4n) is 11.1. The van der Waals surface area contributed by atoms with Crippen molar-refractivity contribution in [3.05, 3.63) is 12.2 Å². The lowest BCUT2D eigenvalue weighted by Crippen LogP contribution is -2.66. The van der Waals surface area contributed by atoms with Gasteiger partial charge in [0.2, 0.25) is 5.91 Å². The predicted molar refractivity (Wildman–Crippen MR) is 152 cm³/mol. The van der Waals surface area contributed by atoms with Crippen LogP contribution in [0.15, 0.2) is 12.2 Å². The second-order valence-electron chi connectivity index (χ2n) is 15.2. The van der Waals surface area contributed by atoms with Crippen molar-refractivity contribution < 1.29 is 19.8 Å². The van der Waals surface area contributed by atoms with Gasteiger partial charge in [-0.25, -0.2) is 0 Å². The van der Waals surface area contributed by atoms with Crippen molar-refractivity contribution in [1.29, 1.82) is 5.26 Å². The van der Waals surface area contributed by atoms with Crippen LogP contribution in [0.2, 0.25) is 0 Å². The quantitative estimate of drug-likeness (QED) is 0.281. The fourth-order valence-corrected chi connectivity index (χ4v) is 11.1. The normalized spacial score (nSPS) is 43.5. The summed E-state index contributed by atoms with van der Waals surface area (Å²) in [5, 5.41) is 32.4. The van der Waals surface area contributed by atoms with Gasteiger partial charge in [0, 0.05) is 11.8 Å². The lowest BCUT2D eigenvalue weighted by molar-refractivity contribution is -0.225. The Morgan fingerprint density at radius 2 is 1.74 bits per heavy atom. The van der Waals surface area contributed by atoms with Gasteiger partial charge in [-0.2, -0.15) is 5.26 Å². The predicted octanol–water partition coefficient (Wildman–Crippen LogP) is 5.43. The van der Waals surface area contributed by atoms with Gasteiger partial charge in [0.05, 0.1) is 30.7 Å². The Balaban J connectivity index is 1.77. The Bertz CT molecular complexity index is 1030. The fraction of sp³-hybridized carbons (Fsp3) is 0.848. The molecule has 4 rings (SSSR count). The van der Waals surface area contributed by atoms with E-state index in [1.807, 2.05) is 13.8 Å². The van der Waals surface area contributed by atoms with Crippen LogP contribution in [-0.2, 0) is 9.59 Å². The number of allylic oxidation sites excluding steroid dienone is 1. The molecule has 0 heterocycles. The zero-order valence-electron chi connectivity index (χ0n) is 25.2. The van der Waals surface area contributed by atoms with Crippen LogP contribution in [0.4, 0.5) is 0 Å². The molecule has 4 aliphatic carbocycles. The number of hydrogen-bond acceptors (Lipinski definition) is 5. The summed E-state index contributed by atoms with van der Waals surface area (Å²) in [6, 6.07) is 1.89. The Morgan fingerprint density at radius 3 is 2.31 bits per heavy atom. The average molecular weight is 541 g/mol. The van der Waals surface area contributed by atoms with Crippen molar-refractivity contribution in [1.82, 2.24) is 5.32 Å². The molecule has 6 heteroatoms. The second kappa shape index (κ2) is 10.3. The van der Waals surface area contributed by atoms with Gasteiger partial charge in [-0.05, 0) is 104 Å². The monoisotopic (exact) mass is 540 g/mol. The molecule has 0 aromatic heterocycles. The topological polar surface area (TPSA) is 110 Å². The number of amides is 1. The van der Waals surface area contributed by atoms with E-state index in [4.69, 9.17) is 0 Å². The molecule has 4 saturated carbocycles. The number of aliphatic hydroxyl groups is 2. The molecule has 0 aromatic rings. The summed E-state index contributed by atoms with van der Waals surface area (Å²) in [5.41, 5.74) is -0.0740. The van der Waals surface area contributed by atoms with Gasteiger partial charge in [0.25, 0.3) is 0 Å². The molecule has 0 aliphatic heterocycles. The van der Waals surface area contributed by atoms with Crippen LogP contribution in [0.3, 0.4) is 0 Å². The maximum Gasteiger partial charge on any atom is 0.226 e. The lowest BCUT2D eigenvalue weighted by Gasteiger charge is -2.71. The number of aldehydes is 1. The van der Waals surface area contributed by atoms with Crippen LogP contribution in [0.25, 0.3) is 0 Å². The van der Waals surface area contributed by atoms with Crippen LogP contribution >= 0.6 is 0 Å². The molecule has 3 N–H and O–H groups in total. The van der Waals surface area contributed by atoms with Gasteiger partial charge in [-0.15, -0.1) is 0 Å². The van der Waals surface area contributed by atoms with Crippen LogP contribution in [0.1, 0.15) is 99.3 Å². The van der Waals surface area contributed by atoms with Crippen LogP contribution < -0.4 is 5.32 Å². The molecule has 0 radical (unpaired) electrons. The lowest BCUT2D eigenvalue weighted by atomic mass is 9.33. The van der Waals surface area contributed by atoms with Gasteiger partial charge < -0.3 is 20.3 Å². The molecule has 0 saturated heterocycles. The number of carbonyl (C=O) groups excluding carboxylic acids is 2. The van der Waals surface area contributed by atoms with Gasteiger partial charge >= 0.3 is 0 Å². The summed E-state index contributed by atoms with van der Waals surface area (Å²) in [4.78, 5) is 26.2. The van der Waals surface area contributed by atoms with Gasteiger partial charge in [-0.1, -0.05) is 46.8 Å². The highest BCUT2D eigenvalue weighted by Gasteiger charge is 2.71. The maximum atomic E-state index is 14.0. The standard InChI is InChI=1S/C33H52N2O4/c1-21(2)23-10-13-33(28(39)35-22(18-36)19-37)15-14-31(6)24(27(23)33)8-9-26-30(5,16-17-34)25(29(3,4)20-38)11-12-32(26,31)7/h20,22-27,36-37H,1,8-16,18-19H2,2-7H3,(H,35,39)/t23-,24?,25?,26?,27?,30-,31+,32+,33?/m0/s1. The van der Waals surface area contributed by atoms with E-state index >= 15 is 0 Å². The summed E-state index contributed by atoms with van der Waals surface area (Å²) in [5.74, 6) is 1.30. The van der Waals surface area contributed by atoms with Crippen molar-refractivity contribution in [2.45, 2.75) is 105 Å². The number of aliphatic hydroxyl groups excluding tert-OH is 2. The van der Waals surface area contributed by atoms with Crippen molar-refractivity contribution in [3.63, 3.8) is 0 Å². The van der Waals surface area contributed by atoms with E-state index in [0.29, 0.717) is 18.3 Å². The van der Waals surface area contributed by atoms with Crippen molar-refractivity contribution in [3.8, 4) is 6.07 Å². The first-order chi connectivity index (χ1) is 18.2. The summed E-state index contributed by atoms with van der Waals surface area (Å²) in [7, 11) is 0. The first kappa shape index (κ1) is 30.3. The number of nitrogens with zero attached hydrogens (tertiary/aromatic N) is 1. The average Bonchev–Trinajstić information content (AvgIpc) is 3.29. The highest BCUT2D eigenvalue weighted by molar-refractivity contribution is 5.84. The second-order valence-corrected chi connectivity index (χ2v) is 15.2. The number of nitriles is 1. The molecule has 218 valence electrons. The number of rotatable bonds is 8. The van der Waals surface area contributed by atoms with E-state index in [1.54, 1.807) is 0 Å². The van der Waals surface area contributed by atoms with Crippen LogP contribution in [0.5, 0.6) is 0 Å². The highest BCUT2D eigenvalue weighted by atomic mass is 16.3. The number of carbonyl (C=O) groups is 2. The summed E-state index contributed by atoms with van der Waals surface area (Å²) < 4.78 is 0. The van der Waals surface area contributed by atoms with E-state index in [2.05, 4.69) is 45.7 Å². The van der Waals surface area contributed by atoms with E-state index < -0.39 is 16.9 Å². The minimum Gasteiger partial charge on any atom is -0.394 e. The number of hydrogen-bond donors (Lipinski definition) is 3. The molecule has 4 fully saturated rings. The molecule has 5 unspecified atom stereocenters. The highest BCUT2D eigenvalue weighted by Crippen LogP contribution is 2.76. The minimum atomic E-state index is -0.638. The smallest absolute Gasteiger partial charge is 0.226 e. The number of fused-ring (bicyclic) bond motifs is 5. The Kier molecular flexibility index (Phi) is 7.98. The Hall–Kier alpha value is -1.71. The SMILES string of the molecule is C=C(C)[C@@H]1CCC2(C(=O)NC(CO)CO)CC[C@]3(C)C(CCC4[C@@](C)(CC#N)C(C(C)(C)C=O)CC[C@]43C)C12. The van der Waals surface area contributed by atoms with Gasteiger partial charge in [0.1, 0.15) is 6.29 Å². The first-order valence-electron chi connectivity index (χ1n) is 15.2. The van der Waals surface area contributed by atoms with Crippen molar-refractivity contribution >= 4 is 12.2 Å². The molecule has 4 aliphatic rings. The maximum absolute atomic E-state index is 14.0. The molecule has 6 nitrogen and oxygen atoms in total. The van der Waals surface area contributed by atoms with E-state index in [-0.39, 0.29) is 53.1 Å². The van der Waals surface area contributed by atoms with Crippen molar-refractivity contribution in [2.75, 3.05) is 13.2 Å². The largest absolute Gasteiger partial charge is 0.394 e. The van der Waals surface area contributed by atoms with Gasteiger partial charge in [0.15, 0.2) is 0 Å². The van der Waals surface area contributed by atoms with Crippen LogP contribution in [0, 0.1) is 68.0 Å². The number of nitrogens with one attached hydrogen (secondary N) is 1. The Morgan fingerprint density at radius 1 is 1.08 bits per heavy atom. The van der Waals surface area contributed by atoms with E-state index in [0.717, 1.165) is 63.2 Å². The minimum absolute atomic E-state index is 0.000560. The molecular formula is C33H52N2O4.